The molecule has 0 aliphatic heterocycles. The molecule has 0 saturated heterocycles. The van der Waals surface area contributed by atoms with Gasteiger partial charge in [-0.05, 0) is 5.41 Å². The summed E-state index contributed by atoms with van der Waals surface area (Å²) in [6.45, 7) is 8.94. The van der Waals surface area contributed by atoms with Crippen molar-refractivity contribution in [2.45, 2.75) is 34.1 Å². The minimum atomic E-state index is 0. The molecule has 0 atom stereocenters. The molecule has 1 heteroatoms. The van der Waals surface area contributed by atoms with E-state index in [1.807, 2.05) is 0 Å². The van der Waals surface area contributed by atoms with Crippen LogP contribution < -0.4 is 0 Å². The average molecular weight is 112 g/mol. The van der Waals surface area contributed by atoms with Gasteiger partial charge in [0.1, 0.15) is 0 Å². The van der Waals surface area contributed by atoms with E-state index >= 15 is 0 Å². The van der Waals surface area contributed by atoms with Gasteiger partial charge in [0, 0.05) is 0 Å². The van der Waals surface area contributed by atoms with E-state index < -0.39 is 0 Å². The van der Waals surface area contributed by atoms with E-state index in [0.717, 1.165) is 0 Å². The molecular weight excluding hydrogens is 96.4 g/mol. The van der Waals surface area contributed by atoms with E-state index in [9.17, 15) is 0 Å². The van der Waals surface area contributed by atoms with Gasteiger partial charge in [-0.3, -0.25) is 0 Å². The molecule has 0 fully saturated rings. The summed E-state index contributed by atoms with van der Waals surface area (Å²) < 4.78 is 0. The van der Waals surface area contributed by atoms with Gasteiger partial charge in [0.15, 0.2) is 0 Å². The fourth-order valence-electron chi connectivity index (χ4n) is 0. The van der Waals surface area contributed by atoms with Crippen molar-refractivity contribution in [3.8, 4) is 0 Å². The monoisotopic (exact) mass is 112 g/mol. The Morgan fingerprint density at radius 1 is 1.29 bits per heavy atom. The topological polar surface area (TPSA) is 0 Å². The molecule has 0 saturated carbocycles. The van der Waals surface area contributed by atoms with Crippen LogP contribution in [-0.4, -0.2) is 23.1 Å². The Morgan fingerprint density at radius 2 is 1.43 bits per heavy atom. The third-order valence-electron chi connectivity index (χ3n) is 1.06. The van der Waals surface area contributed by atoms with Crippen LogP contribution >= 0.6 is 0 Å². The predicted octanol–water partition coefficient (Wildman–Crippen LogP) is 2.29. The predicted molar refractivity (Wildman–Crippen MR) is 37.7 cm³/mol. The summed E-state index contributed by atoms with van der Waals surface area (Å²) in [5.74, 6) is 0. The zero-order chi connectivity index (χ0) is 5.21. The molecule has 0 aliphatic rings. The summed E-state index contributed by atoms with van der Waals surface area (Å²) in [4.78, 5) is 0. The Labute approximate surface area is 65.8 Å². The quantitative estimate of drug-likeness (QED) is 0.422. The SMILES string of the molecule is CCC(C)(C)C.[H-].[H-].[Mg+2]. The van der Waals surface area contributed by atoms with E-state index in [1.54, 1.807) is 0 Å². The molecular formula is C6H16Mg. The van der Waals surface area contributed by atoms with Gasteiger partial charge in [0.05, 0.1) is 0 Å². The van der Waals surface area contributed by atoms with Crippen LogP contribution in [0.2, 0.25) is 0 Å². The van der Waals surface area contributed by atoms with Gasteiger partial charge in [-0.25, -0.2) is 0 Å². The fourth-order valence-corrected chi connectivity index (χ4v) is 0. The first kappa shape index (κ1) is 10.7. The summed E-state index contributed by atoms with van der Waals surface area (Å²) in [6.07, 6.45) is 1.27. The largest absolute Gasteiger partial charge is 2.00 e. The molecule has 0 aromatic rings. The summed E-state index contributed by atoms with van der Waals surface area (Å²) >= 11 is 0. The molecule has 0 radical (unpaired) electrons. The first-order valence-electron chi connectivity index (χ1n) is 2.56. The van der Waals surface area contributed by atoms with E-state index in [-0.39, 0.29) is 25.9 Å². The summed E-state index contributed by atoms with van der Waals surface area (Å²) in [5, 5.41) is 0. The molecule has 0 aliphatic carbocycles. The molecule has 0 nitrogen and oxygen atoms in total. The van der Waals surface area contributed by atoms with Crippen molar-refractivity contribution in [3.05, 3.63) is 0 Å². The Hall–Kier alpha value is 0.766. The van der Waals surface area contributed by atoms with Gasteiger partial charge in [0.25, 0.3) is 0 Å². The number of hydrogen-bond donors (Lipinski definition) is 0. The Bertz CT molecular complexity index is 40.8. The van der Waals surface area contributed by atoms with Crippen molar-refractivity contribution < 1.29 is 2.85 Å². The van der Waals surface area contributed by atoms with Crippen molar-refractivity contribution in [1.82, 2.24) is 0 Å². The van der Waals surface area contributed by atoms with Crippen LogP contribution in [0.1, 0.15) is 37.0 Å². The molecule has 0 heterocycles. The van der Waals surface area contributed by atoms with Crippen LogP contribution in [0.15, 0.2) is 0 Å². The summed E-state index contributed by atoms with van der Waals surface area (Å²) in [7, 11) is 0. The molecule has 0 aromatic heterocycles. The smallest absolute Gasteiger partial charge is 1.00 e. The second-order valence-corrected chi connectivity index (χ2v) is 2.91. The van der Waals surface area contributed by atoms with Crippen molar-refractivity contribution in [2.24, 2.45) is 5.41 Å². The molecule has 42 valence electrons. The molecule has 0 spiro atoms. The second-order valence-electron chi connectivity index (χ2n) is 2.91. The van der Waals surface area contributed by atoms with Crippen LogP contribution in [-0.2, 0) is 0 Å². The minimum Gasteiger partial charge on any atom is -1.00 e. The molecule has 0 unspecified atom stereocenters. The zero-order valence-corrected chi connectivity index (χ0v) is 7.33. The summed E-state index contributed by atoms with van der Waals surface area (Å²) in [6, 6.07) is 0. The normalized spacial score (nSPS) is 10.3. The number of rotatable bonds is 0. The van der Waals surface area contributed by atoms with Crippen LogP contribution in [0.4, 0.5) is 0 Å². The fraction of sp³-hybridized carbons (Fsp3) is 1.00. The van der Waals surface area contributed by atoms with Crippen molar-refractivity contribution >= 4 is 23.1 Å². The third-order valence-corrected chi connectivity index (χ3v) is 1.06. The maximum atomic E-state index is 2.24. The van der Waals surface area contributed by atoms with Crippen LogP contribution in [0.3, 0.4) is 0 Å². The zero-order valence-electron chi connectivity index (χ0n) is 7.91. The van der Waals surface area contributed by atoms with E-state index in [2.05, 4.69) is 27.7 Å². The van der Waals surface area contributed by atoms with Gasteiger partial charge in [-0.1, -0.05) is 34.1 Å². The molecule has 0 amide bonds. The standard InChI is InChI=1S/C6H14.Mg.2H/c1-5-6(2,3)4;;;/h5H2,1-4H3;;;/q;+2;2*-1. The molecule has 0 bridgehead atoms. The van der Waals surface area contributed by atoms with Gasteiger partial charge in [-0.15, -0.1) is 0 Å². The van der Waals surface area contributed by atoms with Crippen molar-refractivity contribution in [3.63, 3.8) is 0 Å². The van der Waals surface area contributed by atoms with Crippen molar-refractivity contribution in [2.75, 3.05) is 0 Å². The van der Waals surface area contributed by atoms with Gasteiger partial charge >= 0.3 is 23.1 Å². The molecule has 0 rings (SSSR count). The van der Waals surface area contributed by atoms with Crippen LogP contribution in [0, 0.1) is 5.41 Å². The average Bonchev–Trinajstić information content (AvgIpc) is 1.35. The summed E-state index contributed by atoms with van der Waals surface area (Å²) in [5.41, 5.74) is 0.542. The van der Waals surface area contributed by atoms with Crippen LogP contribution in [0.5, 0.6) is 0 Å². The minimum absolute atomic E-state index is 0. The maximum absolute atomic E-state index is 2.24. The van der Waals surface area contributed by atoms with Crippen LogP contribution in [0.25, 0.3) is 0 Å². The van der Waals surface area contributed by atoms with E-state index in [1.165, 1.54) is 6.42 Å². The van der Waals surface area contributed by atoms with Crippen molar-refractivity contribution in [1.29, 1.82) is 0 Å². The Balaban J connectivity index is -0.0000000417. The van der Waals surface area contributed by atoms with E-state index in [4.69, 9.17) is 0 Å². The molecule has 7 heavy (non-hydrogen) atoms. The number of hydrogen-bond acceptors (Lipinski definition) is 0. The molecule has 0 aromatic carbocycles. The first-order valence-corrected chi connectivity index (χ1v) is 2.56. The van der Waals surface area contributed by atoms with Gasteiger partial charge in [-0.2, -0.15) is 0 Å². The Morgan fingerprint density at radius 3 is 1.43 bits per heavy atom. The van der Waals surface area contributed by atoms with E-state index in [0.29, 0.717) is 5.41 Å². The maximum Gasteiger partial charge on any atom is 2.00 e. The molecule has 0 N–H and O–H groups in total. The van der Waals surface area contributed by atoms with Gasteiger partial charge in [0.2, 0.25) is 0 Å². The third kappa shape index (κ3) is 10.8. The van der Waals surface area contributed by atoms with Gasteiger partial charge < -0.3 is 2.85 Å². The first-order chi connectivity index (χ1) is 2.56. The second kappa shape index (κ2) is 3.73. The Kier molecular flexibility index (Phi) is 5.70.